The van der Waals surface area contributed by atoms with Gasteiger partial charge in [0, 0.05) is 12.6 Å². The Bertz CT molecular complexity index is 849. The van der Waals surface area contributed by atoms with E-state index in [0.29, 0.717) is 24.9 Å². The number of esters is 1. The summed E-state index contributed by atoms with van der Waals surface area (Å²) in [6, 6.07) is 0. The third-order valence-electron chi connectivity index (χ3n) is 9.28. The highest BCUT2D eigenvalue weighted by Gasteiger charge is 2.58. The fourth-order valence-electron chi connectivity index (χ4n) is 7.51. The van der Waals surface area contributed by atoms with Gasteiger partial charge in [0.25, 0.3) is 0 Å². The van der Waals surface area contributed by atoms with E-state index in [2.05, 4.69) is 31.8 Å². The number of aromatic nitrogens is 2. The van der Waals surface area contributed by atoms with Crippen molar-refractivity contribution in [2.45, 2.75) is 72.1 Å². The second-order valence-electron chi connectivity index (χ2n) is 10.4. The zero-order valence-corrected chi connectivity index (χ0v) is 18.1. The number of nitrogens with zero attached hydrogens (tertiary/aromatic N) is 2. The van der Waals surface area contributed by atoms with Gasteiger partial charge >= 0.3 is 5.97 Å². The third-order valence-corrected chi connectivity index (χ3v) is 9.28. The Morgan fingerprint density at radius 1 is 1.14 bits per heavy atom. The van der Waals surface area contributed by atoms with Crippen LogP contribution in [0.3, 0.4) is 0 Å². The molecular weight excluding hydrogens is 360 g/mol. The van der Waals surface area contributed by atoms with E-state index in [1.54, 1.807) is 0 Å². The lowest BCUT2D eigenvalue weighted by Crippen LogP contribution is -2.51. The van der Waals surface area contributed by atoms with E-state index < -0.39 is 0 Å². The van der Waals surface area contributed by atoms with Gasteiger partial charge in [-0.1, -0.05) is 26.8 Å². The number of carbonyl (C=O) groups is 1. The Morgan fingerprint density at radius 3 is 2.83 bits per heavy atom. The average molecular weight is 395 g/mol. The summed E-state index contributed by atoms with van der Waals surface area (Å²) in [7, 11) is 0. The molecule has 6 atom stereocenters. The predicted octanol–water partition coefficient (Wildman–Crippen LogP) is 5.23. The van der Waals surface area contributed by atoms with E-state index >= 15 is 0 Å². The molecule has 1 aromatic heterocycles. The summed E-state index contributed by atoms with van der Waals surface area (Å²) in [4.78, 5) is 21.4. The summed E-state index contributed by atoms with van der Waals surface area (Å²) in [5.41, 5.74) is 4.08. The highest BCUT2D eigenvalue weighted by molar-refractivity contribution is 5.70. The quantitative estimate of drug-likeness (QED) is 0.645. The smallest absolute Gasteiger partial charge is 0.305 e. The lowest BCUT2D eigenvalue weighted by atomic mass is 9.46. The standard InChI is InChI=1S/C25H34N2O2/c1-4-17-13-26-14-22(27-17)21-8-7-19-18-6-5-16-15-29-23(28)10-12-24(16,2)20(18)9-11-25(19,21)3/h8,13-14,16,18-20H,4-7,9-12,15H2,1-3H3/t16-,18-,19-,20-,24-,25-/m0/s1. The van der Waals surface area contributed by atoms with Crippen LogP contribution in [0, 0.1) is 34.5 Å². The fraction of sp³-hybridized carbons (Fsp3) is 0.720. The van der Waals surface area contributed by atoms with Crippen LogP contribution in [-0.4, -0.2) is 22.5 Å². The van der Waals surface area contributed by atoms with Crippen molar-refractivity contribution in [1.82, 2.24) is 9.97 Å². The number of rotatable bonds is 2. The molecular formula is C25H34N2O2. The molecule has 3 fully saturated rings. The molecule has 2 saturated carbocycles. The lowest BCUT2D eigenvalue weighted by molar-refractivity contribution is -0.144. The molecule has 0 spiro atoms. The molecule has 29 heavy (non-hydrogen) atoms. The number of allylic oxidation sites excluding steroid dienone is 2. The highest BCUT2D eigenvalue weighted by atomic mass is 16.5. The largest absolute Gasteiger partial charge is 0.465 e. The van der Waals surface area contributed by atoms with Gasteiger partial charge in [0.15, 0.2) is 0 Å². The van der Waals surface area contributed by atoms with Crippen LogP contribution < -0.4 is 0 Å². The molecule has 0 radical (unpaired) electrons. The van der Waals surface area contributed by atoms with E-state index in [1.807, 2.05) is 12.4 Å². The molecule has 4 nitrogen and oxygen atoms in total. The first kappa shape index (κ1) is 19.3. The molecule has 0 unspecified atom stereocenters. The number of aryl methyl sites for hydroxylation is 1. The first-order chi connectivity index (χ1) is 14.0. The number of cyclic esters (lactones) is 1. The van der Waals surface area contributed by atoms with Gasteiger partial charge in [0.05, 0.1) is 24.2 Å². The monoisotopic (exact) mass is 394 g/mol. The number of ether oxygens (including phenoxy) is 1. The summed E-state index contributed by atoms with van der Waals surface area (Å²) >= 11 is 0. The second-order valence-corrected chi connectivity index (χ2v) is 10.4. The molecule has 1 aromatic rings. The Morgan fingerprint density at radius 2 is 2.00 bits per heavy atom. The van der Waals surface area contributed by atoms with Crippen molar-refractivity contribution >= 4 is 11.5 Å². The number of hydrogen-bond acceptors (Lipinski definition) is 4. The molecule has 156 valence electrons. The van der Waals surface area contributed by atoms with Gasteiger partial charge < -0.3 is 4.74 Å². The number of carbonyl (C=O) groups excluding carboxylic acids is 1. The average Bonchev–Trinajstić information content (AvgIpc) is 3.01. The summed E-state index contributed by atoms with van der Waals surface area (Å²) in [6.07, 6.45) is 15.0. The van der Waals surface area contributed by atoms with E-state index in [4.69, 9.17) is 9.72 Å². The van der Waals surface area contributed by atoms with Gasteiger partial charge in [-0.15, -0.1) is 0 Å². The molecule has 2 heterocycles. The molecule has 1 aliphatic heterocycles. The molecule has 4 aliphatic rings. The summed E-state index contributed by atoms with van der Waals surface area (Å²) in [5.74, 6) is 2.72. The van der Waals surface area contributed by atoms with Crippen molar-refractivity contribution in [3.63, 3.8) is 0 Å². The Balaban J connectivity index is 1.44. The predicted molar refractivity (Wildman–Crippen MR) is 113 cm³/mol. The fourth-order valence-corrected chi connectivity index (χ4v) is 7.51. The van der Waals surface area contributed by atoms with Crippen molar-refractivity contribution in [2.75, 3.05) is 6.61 Å². The second kappa shape index (κ2) is 6.92. The zero-order valence-electron chi connectivity index (χ0n) is 18.1. The van der Waals surface area contributed by atoms with Crippen LogP contribution in [-0.2, 0) is 16.0 Å². The molecule has 0 aromatic carbocycles. The zero-order chi connectivity index (χ0) is 20.2. The van der Waals surface area contributed by atoms with Gasteiger partial charge in [0.1, 0.15) is 0 Å². The van der Waals surface area contributed by atoms with Crippen molar-refractivity contribution in [2.24, 2.45) is 34.5 Å². The first-order valence-electron chi connectivity index (χ1n) is 11.6. The highest BCUT2D eigenvalue weighted by Crippen LogP contribution is 2.66. The van der Waals surface area contributed by atoms with Crippen LogP contribution in [0.1, 0.15) is 77.1 Å². The van der Waals surface area contributed by atoms with Crippen LogP contribution in [0.25, 0.3) is 5.57 Å². The van der Waals surface area contributed by atoms with Gasteiger partial charge in [0.2, 0.25) is 0 Å². The molecule has 0 amide bonds. The Hall–Kier alpha value is -1.71. The SMILES string of the molecule is CCc1cncc(C2=CC[C@H]3[C@@H]4CC[C@H]5COC(=O)CC[C@]5(C)[C@H]4CC[C@]23C)n1. The van der Waals surface area contributed by atoms with Gasteiger partial charge in [-0.05, 0) is 85.0 Å². The van der Waals surface area contributed by atoms with Crippen molar-refractivity contribution in [3.05, 3.63) is 29.9 Å². The topological polar surface area (TPSA) is 52.1 Å². The third kappa shape index (κ3) is 2.89. The first-order valence-corrected chi connectivity index (χ1v) is 11.6. The molecule has 5 rings (SSSR count). The van der Waals surface area contributed by atoms with Gasteiger partial charge in [-0.2, -0.15) is 0 Å². The van der Waals surface area contributed by atoms with Crippen LogP contribution in [0.4, 0.5) is 0 Å². The maximum absolute atomic E-state index is 12.0. The van der Waals surface area contributed by atoms with Crippen molar-refractivity contribution in [3.8, 4) is 0 Å². The lowest BCUT2D eigenvalue weighted by Gasteiger charge is -2.58. The van der Waals surface area contributed by atoms with Crippen LogP contribution in [0.15, 0.2) is 18.5 Å². The maximum Gasteiger partial charge on any atom is 0.305 e. The summed E-state index contributed by atoms with van der Waals surface area (Å²) in [6.45, 7) is 7.75. The summed E-state index contributed by atoms with van der Waals surface area (Å²) < 4.78 is 5.56. The van der Waals surface area contributed by atoms with Crippen molar-refractivity contribution in [1.29, 1.82) is 0 Å². The van der Waals surface area contributed by atoms with Crippen molar-refractivity contribution < 1.29 is 9.53 Å². The van der Waals surface area contributed by atoms with Crippen LogP contribution in [0.5, 0.6) is 0 Å². The van der Waals surface area contributed by atoms with Crippen LogP contribution >= 0.6 is 0 Å². The Labute approximate surface area is 174 Å². The number of fused-ring (bicyclic) bond motifs is 5. The molecule has 0 bridgehead atoms. The van der Waals surface area contributed by atoms with Crippen LogP contribution in [0.2, 0.25) is 0 Å². The summed E-state index contributed by atoms with van der Waals surface area (Å²) in [5, 5.41) is 0. The van der Waals surface area contributed by atoms with E-state index in [9.17, 15) is 4.79 Å². The maximum atomic E-state index is 12.0. The minimum atomic E-state index is 0.0111. The molecule has 3 aliphatic carbocycles. The number of hydrogen-bond donors (Lipinski definition) is 0. The minimum Gasteiger partial charge on any atom is -0.465 e. The van der Waals surface area contributed by atoms with E-state index in [0.717, 1.165) is 36.1 Å². The van der Waals surface area contributed by atoms with Gasteiger partial charge in [-0.25, -0.2) is 4.98 Å². The van der Waals surface area contributed by atoms with Gasteiger partial charge in [-0.3, -0.25) is 9.78 Å². The molecule has 0 N–H and O–H groups in total. The minimum absolute atomic E-state index is 0.0111. The van der Waals surface area contributed by atoms with E-state index in [1.165, 1.54) is 37.7 Å². The molecule has 1 saturated heterocycles. The molecule has 4 heteroatoms. The normalized spacial score (nSPS) is 41.5. The Kier molecular flexibility index (Phi) is 4.60. The van der Waals surface area contributed by atoms with E-state index in [-0.39, 0.29) is 16.8 Å².